The lowest BCUT2D eigenvalue weighted by molar-refractivity contribution is 0.0592. The molecule has 0 spiro atoms. The van der Waals surface area contributed by atoms with Crippen LogP contribution in [0.4, 0.5) is 0 Å². The van der Waals surface area contributed by atoms with Gasteiger partial charge < -0.3 is 9.47 Å². The van der Waals surface area contributed by atoms with E-state index in [4.69, 9.17) is 11.6 Å². The van der Waals surface area contributed by atoms with E-state index in [1.807, 2.05) is 30.3 Å². The van der Waals surface area contributed by atoms with E-state index < -0.39 is 5.97 Å². The van der Waals surface area contributed by atoms with Crippen LogP contribution in [0.3, 0.4) is 0 Å². The summed E-state index contributed by atoms with van der Waals surface area (Å²) < 4.78 is 9.13. The number of hydrogen-bond donors (Lipinski definition) is 0. The summed E-state index contributed by atoms with van der Waals surface area (Å²) >= 11 is 5.53. The summed E-state index contributed by atoms with van der Waals surface area (Å²) in [6.07, 6.45) is 3.06. The molecule has 0 aliphatic carbocycles. The molecule has 0 atom stereocenters. The number of aromatic nitrogens is 2. The van der Waals surface area contributed by atoms with Crippen molar-refractivity contribution < 1.29 is 19.1 Å². The monoisotopic (exact) mass is 384 g/mol. The minimum Gasteiger partial charge on any atom is -0.465 e. The summed E-state index contributed by atoms with van der Waals surface area (Å²) in [4.78, 5) is 30.1. The molecule has 0 aliphatic heterocycles. The second-order valence-corrected chi connectivity index (χ2v) is 5.53. The maximum absolute atomic E-state index is 11.3. The Labute approximate surface area is 161 Å². The van der Waals surface area contributed by atoms with Crippen LogP contribution in [0.1, 0.15) is 20.7 Å². The van der Waals surface area contributed by atoms with E-state index in [-0.39, 0.29) is 11.1 Å². The summed E-state index contributed by atoms with van der Waals surface area (Å²) in [6, 6.07) is 16.1. The molecule has 6 nitrogen and oxygen atoms in total. The van der Waals surface area contributed by atoms with Crippen LogP contribution in [0.5, 0.6) is 0 Å². The number of halogens is 1. The number of benzene rings is 1. The first-order chi connectivity index (χ1) is 13.0. The number of hydrogen-bond acceptors (Lipinski definition) is 6. The molecule has 0 fully saturated rings. The van der Waals surface area contributed by atoms with Crippen LogP contribution in [0.15, 0.2) is 67.0 Å². The van der Waals surface area contributed by atoms with Crippen LogP contribution in [0, 0.1) is 0 Å². The van der Waals surface area contributed by atoms with Gasteiger partial charge in [0.25, 0.3) is 0 Å². The fraction of sp³-hybridized carbons (Fsp3) is 0.100. The number of methoxy groups -OCH3 is 2. The Morgan fingerprint density at radius 2 is 1.37 bits per heavy atom. The van der Waals surface area contributed by atoms with Gasteiger partial charge in [0.15, 0.2) is 0 Å². The standard InChI is InChI=1S/C13H11NO2.C7H6ClNO2/c1-16-13(15)11-7-8-14-12(9-11)10-5-3-2-4-6-10;1-11-7(10)5-2-3-9-6(8)4-5/h2-9H,1H3;2-4H,1H3. The zero-order chi connectivity index (χ0) is 19.6. The van der Waals surface area contributed by atoms with Crippen molar-refractivity contribution >= 4 is 23.5 Å². The number of esters is 2. The summed E-state index contributed by atoms with van der Waals surface area (Å²) in [7, 11) is 2.68. The van der Waals surface area contributed by atoms with E-state index in [0.29, 0.717) is 11.1 Å². The summed E-state index contributed by atoms with van der Waals surface area (Å²) in [5, 5.41) is 0.285. The van der Waals surface area contributed by atoms with Crippen LogP contribution < -0.4 is 0 Å². The van der Waals surface area contributed by atoms with Crippen molar-refractivity contribution in [3.05, 3.63) is 83.3 Å². The quantitative estimate of drug-likeness (QED) is 0.500. The van der Waals surface area contributed by atoms with Crippen LogP contribution >= 0.6 is 11.6 Å². The lowest BCUT2D eigenvalue weighted by Gasteiger charge is -2.02. The third-order valence-electron chi connectivity index (χ3n) is 3.40. The first-order valence-corrected chi connectivity index (χ1v) is 8.22. The zero-order valence-electron chi connectivity index (χ0n) is 14.8. The third-order valence-corrected chi connectivity index (χ3v) is 3.60. The number of rotatable bonds is 3. The van der Waals surface area contributed by atoms with Gasteiger partial charge in [0.05, 0.1) is 31.0 Å². The molecule has 0 aliphatic rings. The van der Waals surface area contributed by atoms with Crippen molar-refractivity contribution in [2.24, 2.45) is 0 Å². The second-order valence-electron chi connectivity index (χ2n) is 5.15. The highest BCUT2D eigenvalue weighted by Crippen LogP contribution is 2.17. The molecule has 3 aromatic rings. The minimum atomic E-state index is -0.408. The number of ether oxygens (including phenoxy) is 2. The van der Waals surface area contributed by atoms with Gasteiger partial charge >= 0.3 is 11.9 Å². The molecule has 0 bridgehead atoms. The molecule has 3 rings (SSSR count). The van der Waals surface area contributed by atoms with Crippen molar-refractivity contribution in [2.45, 2.75) is 0 Å². The van der Waals surface area contributed by atoms with Crippen LogP contribution in [-0.4, -0.2) is 36.1 Å². The van der Waals surface area contributed by atoms with E-state index in [9.17, 15) is 9.59 Å². The molecule has 138 valence electrons. The highest BCUT2D eigenvalue weighted by Gasteiger charge is 2.07. The van der Waals surface area contributed by atoms with Gasteiger partial charge in [-0.1, -0.05) is 41.9 Å². The van der Waals surface area contributed by atoms with Gasteiger partial charge in [-0.2, -0.15) is 0 Å². The minimum absolute atomic E-state index is 0.285. The van der Waals surface area contributed by atoms with Gasteiger partial charge in [0.1, 0.15) is 5.15 Å². The smallest absolute Gasteiger partial charge is 0.338 e. The molecule has 2 aromatic heterocycles. The van der Waals surface area contributed by atoms with E-state index in [1.165, 1.54) is 32.5 Å². The van der Waals surface area contributed by atoms with Gasteiger partial charge in [0.2, 0.25) is 0 Å². The zero-order valence-corrected chi connectivity index (χ0v) is 15.5. The second kappa shape index (κ2) is 10.0. The maximum atomic E-state index is 11.3. The largest absolute Gasteiger partial charge is 0.465 e. The Balaban J connectivity index is 0.000000208. The maximum Gasteiger partial charge on any atom is 0.338 e. The van der Waals surface area contributed by atoms with Crippen molar-refractivity contribution in [1.82, 2.24) is 9.97 Å². The molecular formula is C20H17ClN2O4. The molecule has 0 unspecified atom stereocenters. The molecule has 1 aromatic carbocycles. The average Bonchev–Trinajstić information content (AvgIpc) is 2.73. The molecular weight excluding hydrogens is 368 g/mol. The van der Waals surface area contributed by atoms with Crippen LogP contribution in [-0.2, 0) is 9.47 Å². The fourth-order valence-corrected chi connectivity index (χ4v) is 2.26. The lowest BCUT2D eigenvalue weighted by Crippen LogP contribution is -2.01. The highest BCUT2D eigenvalue weighted by atomic mass is 35.5. The van der Waals surface area contributed by atoms with E-state index >= 15 is 0 Å². The normalized spacial score (nSPS) is 9.59. The lowest BCUT2D eigenvalue weighted by atomic mass is 10.1. The Bertz CT molecular complexity index is 917. The summed E-state index contributed by atoms with van der Waals surface area (Å²) in [5.74, 6) is -0.756. The van der Waals surface area contributed by atoms with Crippen molar-refractivity contribution in [1.29, 1.82) is 0 Å². The number of carbonyl (C=O) groups excluding carboxylic acids is 2. The van der Waals surface area contributed by atoms with Crippen molar-refractivity contribution in [3.8, 4) is 11.3 Å². The Kier molecular flexibility index (Phi) is 7.46. The third kappa shape index (κ3) is 5.90. The molecule has 0 N–H and O–H groups in total. The number of nitrogens with zero attached hydrogens (tertiary/aromatic N) is 2. The first kappa shape index (κ1) is 20.1. The summed E-state index contributed by atoms with van der Waals surface area (Å²) in [5.41, 5.74) is 2.67. The van der Waals surface area contributed by atoms with E-state index in [1.54, 1.807) is 18.3 Å². The van der Waals surface area contributed by atoms with Gasteiger partial charge in [-0.05, 0) is 24.3 Å². The molecule has 7 heteroatoms. The molecule has 0 radical (unpaired) electrons. The highest BCUT2D eigenvalue weighted by molar-refractivity contribution is 6.29. The SMILES string of the molecule is COC(=O)c1ccnc(-c2ccccc2)c1.COC(=O)c1ccnc(Cl)c1. The molecule has 0 amide bonds. The van der Waals surface area contributed by atoms with Gasteiger partial charge in [-0.25, -0.2) is 14.6 Å². The van der Waals surface area contributed by atoms with Crippen LogP contribution in [0.25, 0.3) is 11.3 Å². The molecule has 2 heterocycles. The molecule has 27 heavy (non-hydrogen) atoms. The Morgan fingerprint density at radius 1 is 0.815 bits per heavy atom. The van der Waals surface area contributed by atoms with Crippen LogP contribution in [0.2, 0.25) is 5.15 Å². The van der Waals surface area contributed by atoms with Gasteiger partial charge in [-0.15, -0.1) is 0 Å². The van der Waals surface area contributed by atoms with Crippen molar-refractivity contribution in [2.75, 3.05) is 14.2 Å². The van der Waals surface area contributed by atoms with Gasteiger partial charge in [-0.3, -0.25) is 4.98 Å². The van der Waals surface area contributed by atoms with E-state index in [2.05, 4.69) is 19.4 Å². The topological polar surface area (TPSA) is 78.4 Å². The number of carbonyl (C=O) groups is 2. The fourth-order valence-electron chi connectivity index (χ4n) is 2.09. The van der Waals surface area contributed by atoms with Gasteiger partial charge in [0, 0.05) is 18.0 Å². The Hall–Kier alpha value is -3.25. The first-order valence-electron chi connectivity index (χ1n) is 7.84. The predicted octanol–water partition coefficient (Wildman–Crippen LogP) is 4.06. The predicted molar refractivity (Wildman–Crippen MR) is 102 cm³/mol. The number of pyridine rings is 2. The molecule has 0 saturated heterocycles. The summed E-state index contributed by atoms with van der Waals surface area (Å²) in [6.45, 7) is 0. The van der Waals surface area contributed by atoms with E-state index in [0.717, 1.165) is 11.3 Å². The molecule has 0 saturated carbocycles. The average molecular weight is 385 g/mol. The Morgan fingerprint density at radius 3 is 1.93 bits per heavy atom. The van der Waals surface area contributed by atoms with Crippen molar-refractivity contribution in [3.63, 3.8) is 0 Å².